The van der Waals surface area contributed by atoms with Crippen molar-refractivity contribution < 1.29 is 14.3 Å². The molecule has 2 aliphatic rings. The molecule has 0 radical (unpaired) electrons. The van der Waals surface area contributed by atoms with Crippen LogP contribution in [0.1, 0.15) is 34.6 Å². The monoisotopic (exact) mass is 497 g/mol. The van der Waals surface area contributed by atoms with Crippen LogP contribution in [0, 0.1) is 6.92 Å². The van der Waals surface area contributed by atoms with Gasteiger partial charge in [-0.15, -0.1) is 0 Å². The zero-order chi connectivity index (χ0) is 24.5. The van der Waals surface area contributed by atoms with Crippen LogP contribution >= 0.6 is 11.6 Å². The molecule has 0 bridgehead atoms. The number of nitrogens with zero attached hydrogens (tertiary/aromatic N) is 3. The fraction of sp³-hybridized carbons (Fsp3) is 0.462. The number of nitrogens with one attached hydrogen (secondary N) is 1. The highest BCUT2D eigenvalue weighted by molar-refractivity contribution is 6.33. The molecular formula is C26H32ClN5O3. The second kappa shape index (κ2) is 10.0. The van der Waals surface area contributed by atoms with Gasteiger partial charge in [-0.25, -0.2) is 4.98 Å². The predicted octanol–water partition coefficient (Wildman–Crippen LogP) is 3.42. The molecule has 186 valence electrons. The Morgan fingerprint density at radius 2 is 2.17 bits per heavy atom. The van der Waals surface area contributed by atoms with E-state index < -0.39 is 0 Å². The summed E-state index contributed by atoms with van der Waals surface area (Å²) in [6.45, 7) is 6.11. The average Bonchev–Trinajstić information content (AvgIpc) is 3.47. The number of piperidine rings is 1. The Kier molecular flexibility index (Phi) is 6.86. The van der Waals surface area contributed by atoms with Gasteiger partial charge in [0.15, 0.2) is 0 Å². The van der Waals surface area contributed by atoms with Gasteiger partial charge in [-0.3, -0.25) is 4.79 Å². The van der Waals surface area contributed by atoms with Crippen LogP contribution in [0.4, 0.5) is 5.69 Å². The Morgan fingerprint density at radius 3 is 3.00 bits per heavy atom. The third-order valence-electron chi connectivity index (χ3n) is 7.18. The summed E-state index contributed by atoms with van der Waals surface area (Å²) < 4.78 is 13.8. The molecule has 35 heavy (non-hydrogen) atoms. The molecule has 5 rings (SSSR count). The van der Waals surface area contributed by atoms with Crippen LogP contribution < -0.4 is 15.8 Å². The Labute approximate surface area is 210 Å². The number of methoxy groups -OCH3 is 1. The number of fused-ring (bicyclic) bond motifs is 2. The molecule has 2 aromatic carbocycles. The lowest BCUT2D eigenvalue weighted by Crippen LogP contribution is -2.55. The van der Waals surface area contributed by atoms with Gasteiger partial charge in [0.05, 0.1) is 46.1 Å². The van der Waals surface area contributed by atoms with Crippen molar-refractivity contribution in [2.45, 2.75) is 44.9 Å². The number of hydrogen-bond acceptors (Lipinski definition) is 6. The highest BCUT2D eigenvalue weighted by Crippen LogP contribution is 2.38. The molecule has 3 N–H and O–H groups in total. The smallest absolute Gasteiger partial charge is 0.255 e. The van der Waals surface area contributed by atoms with Crippen molar-refractivity contribution in [1.82, 2.24) is 19.8 Å². The molecule has 1 amide bonds. The molecule has 3 heterocycles. The molecule has 9 heteroatoms. The highest BCUT2D eigenvalue weighted by Gasteiger charge is 2.32. The quantitative estimate of drug-likeness (QED) is 0.486. The normalized spacial score (nSPS) is 20.1. The van der Waals surface area contributed by atoms with Crippen LogP contribution in [0.5, 0.6) is 5.75 Å². The first kappa shape index (κ1) is 23.9. The average molecular weight is 498 g/mol. The van der Waals surface area contributed by atoms with Crippen molar-refractivity contribution in [3.05, 3.63) is 52.3 Å². The van der Waals surface area contributed by atoms with E-state index in [2.05, 4.69) is 44.9 Å². The fourth-order valence-corrected chi connectivity index (χ4v) is 5.52. The van der Waals surface area contributed by atoms with Crippen molar-refractivity contribution in [3.63, 3.8) is 0 Å². The Balaban J connectivity index is 1.18. The summed E-state index contributed by atoms with van der Waals surface area (Å²) in [5.74, 6) is 1.40. The number of ether oxygens (including phenoxy) is 2. The van der Waals surface area contributed by atoms with Crippen molar-refractivity contribution in [1.29, 1.82) is 0 Å². The van der Waals surface area contributed by atoms with E-state index in [4.69, 9.17) is 26.8 Å². The van der Waals surface area contributed by atoms with Gasteiger partial charge in [-0.1, -0.05) is 23.7 Å². The van der Waals surface area contributed by atoms with E-state index in [0.717, 1.165) is 55.9 Å². The summed E-state index contributed by atoms with van der Waals surface area (Å²) in [6, 6.07) is 9.78. The van der Waals surface area contributed by atoms with Gasteiger partial charge in [0.1, 0.15) is 11.6 Å². The largest absolute Gasteiger partial charge is 0.492 e. The van der Waals surface area contributed by atoms with Crippen LogP contribution in [0.15, 0.2) is 30.3 Å². The maximum atomic E-state index is 13.2. The molecule has 0 unspecified atom stereocenters. The summed E-state index contributed by atoms with van der Waals surface area (Å²) in [7, 11) is 1.70. The molecular weight excluding hydrogens is 466 g/mol. The van der Waals surface area contributed by atoms with Gasteiger partial charge < -0.3 is 30.0 Å². The molecule has 8 nitrogen and oxygen atoms in total. The van der Waals surface area contributed by atoms with Crippen molar-refractivity contribution in [2.75, 3.05) is 39.1 Å². The minimum atomic E-state index is -0.201. The first-order chi connectivity index (χ1) is 17.0. The maximum absolute atomic E-state index is 13.2. The van der Waals surface area contributed by atoms with Crippen LogP contribution in [0.2, 0.25) is 5.02 Å². The third-order valence-corrected chi connectivity index (χ3v) is 7.49. The lowest BCUT2D eigenvalue weighted by molar-refractivity contribution is 0.00586. The van der Waals surface area contributed by atoms with Gasteiger partial charge in [-0.05, 0) is 44.5 Å². The number of benzene rings is 2. The van der Waals surface area contributed by atoms with Gasteiger partial charge in [0, 0.05) is 38.7 Å². The summed E-state index contributed by atoms with van der Waals surface area (Å²) in [5, 5.41) is 3.54. The lowest BCUT2D eigenvalue weighted by Gasteiger charge is -2.38. The van der Waals surface area contributed by atoms with Crippen molar-refractivity contribution in [2.24, 2.45) is 0 Å². The minimum Gasteiger partial charge on any atom is -0.492 e. The Bertz CT molecular complexity index is 1240. The third kappa shape index (κ3) is 4.70. The Morgan fingerprint density at radius 1 is 1.34 bits per heavy atom. The van der Waals surface area contributed by atoms with Crippen LogP contribution in [0.25, 0.3) is 11.0 Å². The van der Waals surface area contributed by atoms with Crippen molar-refractivity contribution >= 4 is 34.2 Å². The molecule has 0 saturated carbocycles. The molecule has 1 saturated heterocycles. The number of rotatable bonds is 7. The van der Waals surface area contributed by atoms with E-state index in [0.29, 0.717) is 35.1 Å². The van der Waals surface area contributed by atoms with Gasteiger partial charge in [0.2, 0.25) is 0 Å². The number of anilines is 1. The summed E-state index contributed by atoms with van der Waals surface area (Å²) >= 11 is 6.29. The summed E-state index contributed by atoms with van der Waals surface area (Å²) in [5.41, 5.74) is 10.1. The Hall–Kier alpha value is -2.81. The molecule has 2 atom stereocenters. The number of nitrogen functional groups attached to an aromatic ring is 1. The van der Waals surface area contributed by atoms with E-state index in [-0.39, 0.29) is 18.1 Å². The van der Waals surface area contributed by atoms with Gasteiger partial charge in [0.25, 0.3) is 5.91 Å². The molecule has 1 fully saturated rings. The number of nitrogens with two attached hydrogens (primary N) is 1. The summed E-state index contributed by atoms with van der Waals surface area (Å²) in [6.07, 6.45) is 2.39. The summed E-state index contributed by atoms with van der Waals surface area (Å²) in [4.78, 5) is 20.2. The van der Waals surface area contributed by atoms with Gasteiger partial charge >= 0.3 is 0 Å². The predicted molar refractivity (Wildman–Crippen MR) is 137 cm³/mol. The lowest BCUT2D eigenvalue weighted by atomic mass is 10.00. The van der Waals surface area contributed by atoms with E-state index in [1.54, 1.807) is 13.2 Å². The zero-order valence-corrected chi connectivity index (χ0v) is 21.0. The molecule has 1 aromatic heterocycles. The number of carbonyl (C=O) groups excluding carboxylic acids is 1. The van der Waals surface area contributed by atoms with E-state index >= 15 is 0 Å². The number of carbonyl (C=O) groups is 1. The molecule has 2 aliphatic heterocycles. The first-order valence-corrected chi connectivity index (χ1v) is 12.6. The number of hydrogen-bond donors (Lipinski definition) is 2. The number of aryl methyl sites for hydroxylation is 2. The number of aromatic nitrogens is 2. The maximum Gasteiger partial charge on any atom is 0.255 e. The van der Waals surface area contributed by atoms with E-state index in [1.807, 2.05) is 6.07 Å². The standard InChI is InChI=1S/C26H32ClN5O3/c1-16-29-20-6-3-4-7-22(20)32(16)11-5-10-31-12-8-21(23(15-31)34-2)30-26(33)18-14-19(27)24(28)17-9-13-35-25(17)18/h3-4,6-7,14,21,23H,5,8-13,15,28H2,1-2H3,(H,30,33)/t21-,23+/m1/s1. The number of para-hydroxylation sites is 2. The number of amides is 1. The zero-order valence-electron chi connectivity index (χ0n) is 20.2. The molecule has 0 aliphatic carbocycles. The van der Waals surface area contributed by atoms with E-state index in [9.17, 15) is 4.79 Å². The topological polar surface area (TPSA) is 94.6 Å². The SMILES string of the molecule is CO[C@H]1CN(CCCn2c(C)nc3ccccc32)CC[C@H]1NC(=O)c1cc(Cl)c(N)c2c1OCC2. The number of imidazole rings is 1. The fourth-order valence-electron chi connectivity index (χ4n) is 5.30. The highest BCUT2D eigenvalue weighted by atomic mass is 35.5. The first-order valence-electron chi connectivity index (χ1n) is 12.2. The molecule has 0 spiro atoms. The number of halogens is 1. The van der Waals surface area contributed by atoms with Crippen LogP contribution in [-0.4, -0.2) is 65.9 Å². The van der Waals surface area contributed by atoms with E-state index in [1.165, 1.54) is 5.52 Å². The van der Waals surface area contributed by atoms with Crippen LogP contribution in [-0.2, 0) is 17.7 Å². The van der Waals surface area contributed by atoms with Gasteiger partial charge in [-0.2, -0.15) is 0 Å². The number of likely N-dealkylation sites (tertiary alicyclic amines) is 1. The molecule has 3 aromatic rings. The minimum absolute atomic E-state index is 0.0861. The van der Waals surface area contributed by atoms with Crippen LogP contribution in [0.3, 0.4) is 0 Å². The second-order valence-corrected chi connectivity index (χ2v) is 9.73. The second-order valence-electron chi connectivity index (χ2n) is 9.32. The van der Waals surface area contributed by atoms with Crippen molar-refractivity contribution in [3.8, 4) is 5.75 Å².